The Bertz CT molecular complexity index is 977. The van der Waals surface area contributed by atoms with Crippen molar-refractivity contribution in [3.8, 4) is 5.69 Å². The summed E-state index contributed by atoms with van der Waals surface area (Å²) in [4.78, 5) is 0.309. The number of benzene rings is 1. The summed E-state index contributed by atoms with van der Waals surface area (Å²) < 4.78 is 31.5. The molecule has 8 heteroatoms. The number of sulfonamides is 1. The molecule has 1 unspecified atom stereocenters. The van der Waals surface area contributed by atoms with Gasteiger partial charge in [0.1, 0.15) is 0 Å². The van der Waals surface area contributed by atoms with E-state index in [-0.39, 0.29) is 6.04 Å². The third-order valence-electron chi connectivity index (χ3n) is 4.78. The van der Waals surface area contributed by atoms with Gasteiger partial charge < -0.3 is 0 Å². The summed E-state index contributed by atoms with van der Waals surface area (Å²) in [6.07, 6.45) is 9.89. The predicted octanol–water partition coefficient (Wildman–Crippen LogP) is 2.52. The SMILES string of the molecule is Cn1cc(C2CCCCN2S(=O)(=O)c2ccc(-n3cccn3)cc2)cn1. The lowest BCUT2D eigenvalue weighted by Crippen LogP contribution is -2.38. The third-order valence-corrected chi connectivity index (χ3v) is 6.70. The zero-order chi connectivity index (χ0) is 18.1. The van der Waals surface area contributed by atoms with Gasteiger partial charge in [-0.2, -0.15) is 14.5 Å². The van der Waals surface area contributed by atoms with E-state index in [4.69, 9.17) is 0 Å². The summed E-state index contributed by atoms with van der Waals surface area (Å²) in [6, 6.07) is 8.54. The third kappa shape index (κ3) is 3.06. The molecule has 7 nitrogen and oxygen atoms in total. The van der Waals surface area contributed by atoms with E-state index >= 15 is 0 Å². The van der Waals surface area contributed by atoms with Crippen molar-refractivity contribution in [1.29, 1.82) is 0 Å². The van der Waals surface area contributed by atoms with Crippen LogP contribution in [0.4, 0.5) is 0 Å². The molecule has 1 aromatic carbocycles. The van der Waals surface area contributed by atoms with Crippen molar-refractivity contribution in [2.75, 3.05) is 6.54 Å². The molecule has 3 heterocycles. The van der Waals surface area contributed by atoms with E-state index in [9.17, 15) is 8.42 Å². The van der Waals surface area contributed by atoms with Crippen LogP contribution in [-0.2, 0) is 17.1 Å². The fraction of sp³-hybridized carbons (Fsp3) is 0.333. The number of hydrogen-bond donors (Lipinski definition) is 0. The van der Waals surface area contributed by atoms with Crippen molar-refractivity contribution in [2.24, 2.45) is 7.05 Å². The van der Waals surface area contributed by atoms with Crippen molar-refractivity contribution in [3.05, 3.63) is 60.7 Å². The molecule has 4 rings (SSSR count). The molecule has 0 aliphatic carbocycles. The van der Waals surface area contributed by atoms with Crippen LogP contribution in [0.3, 0.4) is 0 Å². The smallest absolute Gasteiger partial charge is 0.243 e. The molecule has 1 saturated heterocycles. The Balaban J connectivity index is 1.65. The molecule has 3 aromatic rings. The maximum Gasteiger partial charge on any atom is 0.243 e. The number of aryl methyl sites for hydroxylation is 1. The summed E-state index contributed by atoms with van der Waals surface area (Å²) in [6.45, 7) is 0.531. The molecule has 1 atom stereocenters. The fourth-order valence-electron chi connectivity index (χ4n) is 3.47. The second-order valence-corrected chi connectivity index (χ2v) is 8.41. The summed E-state index contributed by atoms with van der Waals surface area (Å²) in [5, 5.41) is 8.38. The summed E-state index contributed by atoms with van der Waals surface area (Å²) >= 11 is 0. The van der Waals surface area contributed by atoms with Crippen molar-refractivity contribution >= 4 is 10.0 Å². The maximum atomic E-state index is 13.3. The molecule has 1 fully saturated rings. The molecule has 2 aromatic heterocycles. The largest absolute Gasteiger partial charge is 0.275 e. The monoisotopic (exact) mass is 371 g/mol. The van der Waals surface area contributed by atoms with Crippen molar-refractivity contribution in [3.63, 3.8) is 0 Å². The van der Waals surface area contributed by atoms with Gasteiger partial charge in [-0.05, 0) is 43.2 Å². The second-order valence-electron chi connectivity index (χ2n) is 6.52. The second kappa shape index (κ2) is 6.69. The minimum absolute atomic E-state index is 0.159. The average molecular weight is 371 g/mol. The van der Waals surface area contributed by atoms with E-state index in [1.807, 2.05) is 25.5 Å². The quantitative estimate of drug-likeness (QED) is 0.706. The first kappa shape index (κ1) is 17.0. The predicted molar refractivity (Wildman–Crippen MR) is 97.3 cm³/mol. The topological polar surface area (TPSA) is 73.0 Å². The molecule has 26 heavy (non-hydrogen) atoms. The highest BCUT2D eigenvalue weighted by molar-refractivity contribution is 7.89. The maximum absolute atomic E-state index is 13.3. The zero-order valence-corrected chi connectivity index (χ0v) is 15.4. The first-order chi connectivity index (χ1) is 12.6. The van der Waals surface area contributed by atoms with Crippen LogP contribution in [0.2, 0.25) is 0 Å². The molecule has 0 bridgehead atoms. The standard InChI is InChI=1S/C18H21N5O2S/c1-21-14-15(13-20-21)18-5-2-3-12-23(18)26(24,25)17-8-6-16(7-9-17)22-11-4-10-19-22/h4,6-11,13-14,18H,2-3,5,12H2,1H3. The molecule has 0 amide bonds. The molecule has 0 N–H and O–H groups in total. The highest BCUT2D eigenvalue weighted by atomic mass is 32.2. The van der Waals surface area contributed by atoms with Crippen LogP contribution in [0, 0.1) is 0 Å². The molecule has 0 spiro atoms. The van der Waals surface area contributed by atoms with E-state index in [2.05, 4.69) is 10.2 Å². The molecule has 136 valence electrons. The van der Waals surface area contributed by atoms with Gasteiger partial charge in [0.15, 0.2) is 0 Å². The first-order valence-electron chi connectivity index (χ1n) is 8.66. The summed E-state index contributed by atoms with van der Waals surface area (Å²) in [5.41, 5.74) is 1.78. The highest BCUT2D eigenvalue weighted by Gasteiger charge is 2.35. The minimum atomic E-state index is -3.57. The van der Waals surface area contributed by atoms with Crippen LogP contribution >= 0.6 is 0 Å². The van der Waals surface area contributed by atoms with Gasteiger partial charge in [-0.3, -0.25) is 4.68 Å². The van der Waals surface area contributed by atoms with Crippen LogP contribution < -0.4 is 0 Å². The van der Waals surface area contributed by atoms with E-state index in [1.165, 1.54) is 0 Å². The van der Waals surface area contributed by atoms with E-state index in [1.54, 1.807) is 50.3 Å². The molecule has 1 aliphatic rings. The molecule has 0 saturated carbocycles. The van der Waals surface area contributed by atoms with Crippen molar-refractivity contribution < 1.29 is 8.42 Å². The Labute approximate surface area is 152 Å². The minimum Gasteiger partial charge on any atom is -0.275 e. The van der Waals surface area contributed by atoms with Gasteiger partial charge >= 0.3 is 0 Å². The number of aromatic nitrogens is 4. The van der Waals surface area contributed by atoms with Gasteiger partial charge in [0.05, 0.1) is 22.8 Å². The molecular formula is C18H21N5O2S. The Hall–Kier alpha value is -2.45. The average Bonchev–Trinajstić information content (AvgIpc) is 3.34. The molecule has 0 radical (unpaired) electrons. The van der Waals surface area contributed by atoms with Gasteiger partial charge in [0, 0.05) is 37.7 Å². The van der Waals surface area contributed by atoms with Gasteiger partial charge in [-0.1, -0.05) is 6.42 Å². The highest BCUT2D eigenvalue weighted by Crippen LogP contribution is 2.35. The van der Waals surface area contributed by atoms with Gasteiger partial charge in [0.25, 0.3) is 0 Å². The van der Waals surface area contributed by atoms with Gasteiger partial charge in [-0.25, -0.2) is 13.1 Å². The van der Waals surface area contributed by atoms with Crippen LogP contribution in [0.1, 0.15) is 30.9 Å². The Morgan fingerprint density at radius 1 is 1.12 bits per heavy atom. The molecule has 1 aliphatic heterocycles. The van der Waals surface area contributed by atoms with E-state index in [0.717, 1.165) is 30.5 Å². The Kier molecular flexibility index (Phi) is 4.37. The van der Waals surface area contributed by atoms with E-state index < -0.39 is 10.0 Å². The number of piperidine rings is 1. The summed E-state index contributed by atoms with van der Waals surface area (Å²) in [5.74, 6) is 0. The molecular weight excluding hydrogens is 350 g/mol. The Morgan fingerprint density at radius 3 is 2.58 bits per heavy atom. The zero-order valence-electron chi connectivity index (χ0n) is 14.6. The lowest BCUT2D eigenvalue weighted by Gasteiger charge is -2.34. The van der Waals surface area contributed by atoms with Crippen LogP contribution in [0.5, 0.6) is 0 Å². The number of rotatable bonds is 4. The number of nitrogens with zero attached hydrogens (tertiary/aromatic N) is 5. The number of hydrogen-bond acceptors (Lipinski definition) is 4. The summed E-state index contributed by atoms with van der Waals surface area (Å²) in [7, 11) is -1.72. The Morgan fingerprint density at radius 2 is 1.92 bits per heavy atom. The van der Waals surface area contributed by atoms with Crippen molar-refractivity contribution in [1.82, 2.24) is 23.9 Å². The van der Waals surface area contributed by atoms with Crippen molar-refractivity contribution in [2.45, 2.75) is 30.2 Å². The van der Waals surface area contributed by atoms with Gasteiger partial charge in [0.2, 0.25) is 10.0 Å². The normalized spacial score (nSPS) is 18.9. The lowest BCUT2D eigenvalue weighted by molar-refractivity contribution is 0.256. The van der Waals surface area contributed by atoms with Crippen LogP contribution in [-0.4, -0.2) is 38.8 Å². The van der Waals surface area contributed by atoms with Gasteiger partial charge in [-0.15, -0.1) is 0 Å². The van der Waals surface area contributed by atoms with Crippen LogP contribution in [0.25, 0.3) is 5.69 Å². The first-order valence-corrected chi connectivity index (χ1v) is 10.1. The van der Waals surface area contributed by atoms with E-state index in [0.29, 0.717) is 11.4 Å². The van der Waals surface area contributed by atoms with Crippen LogP contribution in [0.15, 0.2) is 60.0 Å². The fourth-order valence-corrected chi connectivity index (χ4v) is 5.15. The lowest BCUT2D eigenvalue weighted by atomic mass is 10.0.